The fourth-order valence-electron chi connectivity index (χ4n) is 3.36. The lowest BCUT2D eigenvalue weighted by atomic mass is 9.94. The minimum atomic E-state index is -0.551. The van der Waals surface area contributed by atoms with E-state index in [1.54, 1.807) is 10.7 Å². The standard InChI is InChI=1S/C18H18ClN5O2/c1-18(2)4-3-10(6-18)12-5-14(13-9-21-17(26)22-16(13)25)23-24-11(7-19)8-20-15(12)24/h5-6,8-9H,3-4,7H2,1-2H3,(H2,21,22,25,26). The van der Waals surface area contributed by atoms with Gasteiger partial charge in [0.05, 0.1) is 29.0 Å². The Morgan fingerprint density at radius 1 is 1.31 bits per heavy atom. The van der Waals surface area contributed by atoms with E-state index in [1.807, 2.05) is 6.07 Å². The molecular weight excluding hydrogens is 354 g/mol. The van der Waals surface area contributed by atoms with Crippen molar-refractivity contribution in [3.8, 4) is 11.3 Å². The van der Waals surface area contributed by atoms with Gasteiger partial charge in [-0.15, -0.1) is 11.6 Å². The molecule has 0 fully saturated rings. The van der Waals surface area contributed by atoms with Crippen molar-refractivity contribution in [1.82, 2.24) is 24.6 Å². The van der Waals surface area contributed by atoms with E-state index in [-0.39, 0.29) is 11.3 Å². The monoisotopic (exact) mass is 371 g/mol. The lowest BCUT2D eigenvalue weighted by Gasteiger charge is -2.11. The third-order valence-corrected chi connectivity index (χ3v) is 4.99. The van der Waals surface area contributed by atoms with Gasteiger partial charge in [-0.25, -0.2) is 14.3 Å². The first kappa shape index (κ1) is 16.8. The zero-order chi connectivity index (χ0) is 18.5. The molecule has 1 aliphatic carbocycles. The van der Waals surface area contributed by atoms with Crippen molar-refractivity contribution >= 4 is 22.8 Å². The molecule has 0 saturated carbocycles. The van der Waals surface area contributed by atoms with Crippen LogP contribution in [0.1, 0.15) is 37.9 Å². The molecule has 26 heavy (non-hydrogen) atoms. The second-order valence-electron chi connectivity index (χ2n) is 7.21. The minimum absolute atomic E-state index is 0.118. The van der Waals surface area contributed by atoms with Crippen LogP contribution < -0.4 is 11.2 Å². The van der Waals surface area contributed by atoms with Gasteiger partial charge in [-0.2, -0.15) is 5.10 Å². The van der Waals surface area contributed by atoms with E-state index >= 15 is 0 Å². The Morgan fingerprint density at radius 2 is 2.12 bits per heavy atom. The number of alkyl halides is 1. The largest absolute Gasteiger partial charge is 0.325 e. The summed E-state index contributed by atoms with van der Waals surface area (Å²) < 4.78 is 1.67. The lowest BCUT2D eigenvalue weighted by Crippen LogP contribution is -2.23. The number of hydrogen-bond acceptors (Lipinski definition) is 4. The van der Waals surface area contributed by atoms with Gasteiger partial charge < -0.3 is 4.98 Å². The second-order valence-corrected chi connectivity index (χ2v) is 7.47. The van der Waals surface area contributed by atoms with Gasteiger partial charge in [0.15, 0.2) is 5.65 Å². The molecule has 0 aromatic carbocycles. The molecule has 0 amide bonds. The van der Waals surface area contributed by atoms with Gasteiger partial charge in [0.1, 0.15) is 0 Å². The summed E-state index contributed by atoms with van der Waals surface area (Å²) in [6, 6.07) is 1.86. The van der Waals surface area contributed by atoms with Crippen LogP contribution in [0.4, 0.5) is 0 Å². The van der Waals surface area contributed by atoms with Gasteiger partial charge in [-0.1, -0.05) is 19.9 Å². The first-order valence-electron chi connectivity index (χ1n) is 8.36. The second kappa shape index (κ2) is 5.95. The topological polar surface area (TPSA) is 95.9 Å². The summed E-state index contributed by atoms with van der Waals surface area (Å²) in [6.45, 7) is 4.39. The Bertz CT molecular complexity index is 1150. The highest BCUT2D eigenvalue weighted by molar-refractivity contribution is 6.16. The van der Waals surface area contributed by atoms with E-state index in [2.05, 4.69) is 40.0 Å². The fraction of sp³-hybridized carbons (Fsp3) is 0.333. The Balaban J connectivity index is 2.01. The van der Waals surface area contributed by atoms with E-state index < -0.39 is 11.2 Å². The van der Waals surface area contributed by atoms with E-state index in [1.165, 1.54) is 11.8 Å². The summed E-state index contributed by atoms with van der Waals surface area (Å²) in [6.07, 6.45) is 7.30. The Hall–Kier alpha value is -2.67. The van der Waals surface area contributed by atoms with E-state index in [0.717, 1.165) is 24.1 Å². The van der Waals surface area contributed by atoms with Crippen LogP contribution in [0.5, 0.6) is 0 Å². The molecular formula is C18H18ClN5O2. The maximum atomic E-state index is 12.2. The van der Waals surface area contributed by atoms with Crippen molar-refractivity contribution in [1.29, 1.82) is 0 Å². The number of nitrogens with zero attached hydrogens (tertiary/aromatic N) is 3. The van der Waals surface area contributed by atoms with Gasteiger partial charge >= 0.3 is 5.69 Å². The molecule has 0 atom stereocenters. The number of halogens is 1. The van der Waals surface area contributed by atoms with Crippen LogP contribution in [-0.4, -0.2) is 24.6 Å². The molecule has 7 nitrogen and oxygen atoms in total. The number of allylic oxidation sites excluding steroid dienone is 2. The van der Waals surface area contributed by atoms with Crippen LogP contribution in [0.15, 0.2) is 34.1 Å². The summed E-state index contributed by atoms with van der Waals surface area (Å²) in [5.41, 5.74) is 3.40. The van der Waals surface area contributed by atoms with Crippen LogP contribution in [0.2, 0.25) is 0 Å². The molecule has 0 saturated heterocycles. The molecule has 1 aliphatic rings. The van der Waals surface area contributed by atoms with Crippen molar-refractivity contribution in [3.63, 3.8) is 0 Å². The van der Waals surface area contributed by atoms with Crippen LogP contribution in [0, 0.1) is 5.41 Å². The molecule has 0 spiro atoms. The average molecular weight is 372 g/mol. The van der Waals surface area contributed by atoms with Gasteiger partial charge in [0.25, 0.3) is 5.56 Å². The van der Waals surface area contributed by atoms with E-state index in [0.29, 0.717) is 16.9 Å². The lowest BCUT2D eigenvalue weighted by molar-refractivity contribution is 0.471. The van der Waals surface area contributed by atoms with Gasteiger partial charge in [-0.05, 0) is 29.9 Å². The van der Waals surface area contributed by atoms with Crippen LogP contribution in [-0.2, 0) is 5.88 Å². The number of aromatic nitrogens is 5. The number of rotatable bonds is 3. The molecule has 8 heteroatoms. The predicted molar refractivity (Wildman–Crippen MR) is 100 cm³/mol. The quantitative estimate of drug-likeness (QED) is 0.692. The number of aromatic amines is 2. The molecule has 0 unspecified atom stereocenters. The zero-order valence-corrected chi connectivity index (χ0v) is 15.2. The van der Waals surface area contributed by atoms with E-state index in [9.17, 15) is 9.59 Å². The molecule has 3 heterocycles. The van der Waals surface area contributed by atoms with Crippen molar-refractivity contribution in [2.24, 2.45) is 5.41 Å². The SMILES string of the molecule is CC1(C)C=C(c2cc(-c3c[nH]c(=O)[nH]c3=O)nn3c(CCl)cnc23)CC1. The van der Waals surface area contributed by atoms with Crippen molar-refractivity contribution < 1.29 is 0 Å². The summed E-state index contributed by atoms with van der Waals surface area (Å²) >= 11 is 6.02. The molecule has 4 rings (SSSR count). The maximum absolute atomic E-state index is 12.2. The van der Waals surface area contributed by atoms with Crippen LogP contribution in [0.3, 0.4) is 0 Å². The number of hydrogen-bond donors (Lipinski definition) is 2. The zero-order valence-electron chi connectivity index (χ0n) is 14.5. The first-order valence-corrected chi connectivity index (χ1v) is 8.89. The highest BCUT2D eigenvalue weighted by Gasteiger charge is 2.26. The van der Waals surface area contributed by atoms with Crippen LogP contribution >= 0.6 is 11.6 Å². The van der Waals surface area contributed by atoms with Gasteiger partial charge in [0.2, 0.25) is 0 Å². The molecule has 3 aromatic rings. The van der Waals surface area contributed by atoms with Gasteiger partial charge in [0, 0.05) is 11.8 Å². The number of fused-ring (bicyclic) bond motifs is 1. The van der Waals surface area contributed by atoms with E-state index in [4.69, 9.17) is 11.6 Å². The fourth-order valence-corrected chi connectivity index (χ4v) is 3.54. The van der Waals surface area contributed by atoms with Crippen molar-refractivity contribution in [2.75, 3.05) is 0 Å². The first-order chi connectivity index (χ1) is 12.4. The summed E-state index contributed by atoms with van der Waals surface area (Å²) in [5, 5.41) is 4.54. The summed E-state index contributed by atoms with van der Waals surface area (Å²) in [7, 11) is 0. The molecule has 134 valence electrons. The van der Waals surface area contributed by atoms with Crippen molar-refractivity contribution in [2.45, 2.75) is 32.6 Å². The van der Waals surface area contributed by atoms with Gasteiger partial charge in [-0.3, -0.25) is 9.78 Å². The number of H-pyrrole nitrogens is 2. The molecule has 0 aliphatic heterocycles. The molecule has 3 aromatic heterocycles. The summed E-state index contributed by atoms with van der Waals surface area (Å²) in [5.74, 6) is 0.254. The third-order valence-electron chi connectivity index (χ3n) is 4.72. The molecule has 2 N–H and O–H groups in total. The predicted octanol–water partition coefficient (Wildman–Crippen LogP) is 2.72. The normalized spacial score (nSPS) is 16.2. The molecule has 0 radical (unpaired) electrons. The Morgan fingerprint density at radius 3 is 2.77 bits per heavy atom. The maximum Gasteiger partial charge on any atom is 0.325 e. The smallest absolute Gasteiger partial charge is 0.313 e. The highest BCUT2D eigenvalue weighted by Crippen LogP contribution is 2.41. The van der Waals surface area contributed by atoms with Crippen molar-refractivity contribution in [3.05, 3.63) is 56.6 Å². The minimum Gasteiger partial charge on any atom is -0.313 e. The average Bonchev–Trinajstić information content (AvgIpc) is 3.16. The Kier molecular flexibility index (Phi) is 3.84. The number of imidazole rings is 1. The highest BCUT2D eigenvalue weighted by atomic mass is 35.5. The van der Waals surface area contributed by atoms with Crippen LogP contribution in [0.25, 0.3) is 22.5 Å². The molecule has 0 bridgehead atoms. The number of nitrogens with one attached hydrogen (secondary N) is 2. The Labute approximate surface area is 153 Å². The summed E-state index contributed by atoms with van der Waals surface area (Å²) in [4.78, 5) is 32.8. The third kappa shape index (κ3) is 2.78.